The third-order valence-electron chi connectivity index (χ3n) is 18.9. The van der Waals surface area contributed by atoms with Crippen molar-refractivity contribution >= 4 is 76.9 Å². The Labute approximate surface area is 586 Å². The maximum Gasteiger partial charge on any atom is 0.329 e. The molecule has 0 radical (unpaired) electrons. The summed E-state index contributed by atoms with van der Waals surface area (Å²) in [4.78, 5) is 209. The van der Waals surface area contributed by atoms with Crippen molar-refractivity contribution in [1.82, 2.24) is 70.9 Å². The largest absolute Gasteiger partial charge is 0.458 e. The Balaban J connectivity index is 2.50. The second kappa shape index (κ2) is 37.4. The van der Waals surface area contributed by atoms with E-state index in [1.807, 2.05) is 55.4 Å². The van der Waals surface area contributed by atoms with Crippen LogP contribution >= 0.6 is 0 Å². The van der Waals surface area contributed by atoms with Gasteiger partial charge in [-0.15, -0.1) is 0 Å². The van der Waals surface area contributed by atoms with E-state index in [-0.39, 0.29) is 68.6 Å². The Kier molecular flexibility index (Phi) is 32.2. The van der Waals surface area contributed by atoms with Gasteiger partial charge in [0, 0.05) is 73.6 Å². The lowest BCUT2D eigenvalue weighted by Crippen LogP contribution is -2.76. The standard InChI is InChI=1S/C70H119N15O14/c1-25-27-28-47-57(99-68(97)48(76-58(87)43(15)71)33-46-34-72-36-73-46)56-62(91)78-70(47,26-2)69(98)79(18)35-53(86)80(19)49(29-37(3)4)61(90)77-54(41(11)12)66(95)81(20)50(30-38(5)6)60(89)74-44(16)59(88)75-45(17)63(92)82(21)51(31-39(7)8)64(93)83(22)52(32-40(9)10)65(94)84(23)55(42(13)14)67(96)85(56)24/h25,27,34,36-45,47-52,54-57H,26,28-33,35,71H2,1-24H3,(H,72,73)(H,74,89)(H,75,88)(H,76,87)(H,77,90)(H,78,91)/b27-25+/t43?,44-,45+,47+,48?,49-,50-,51-,52-,54?,55-,56-,57+,70+/m0/s1. The summed E-state index contributed by atoms with van der Waals surface area (Å²) in [5.41, 5.74) is 4.37. The molecule has 1 aromatic heterocycles. The van der Waals surface area contributed by atoms with E-state index in [2.05, 4.69) is 36.6 Å². The zero-order chi connectivity index (χ0) is 75.7. The van der Waals surface area contributed by atoms with Crippen molar-refractivity contribution < 1.29 is 67.1 Å². The Morgan fingerprint density at radius 2 is 1.10 bits per heavy atom. The number of amides is 12. The number of hydrogen-bond acceptors (Lipinski definition) is 16. The summed E-state index contributed by atoms with van der Waals surface area (Å²) < 4.78 is 6.56. The zero-order valence-corrected chi connectivity index (χ0v) is 63.3. The molecule has 1 aromatic rings. The maximum atomic E-state index is 15.8. The number of H-pyrrole nitrogens is 1. The minimum absolute atomic E-state index is 0.0779. The molecule has 0 spiro atoms. The van der Waals surface area contributed by atoms with Crippen molar-refractivity contribution in [2.45, 2.75) is 241 Å². The molecule has 558 valence electrons. The minimum atomic E-state index is -2.03. The van der Waals surface area contributed by atoms with Crippen molar-refractivity contribution in [1.29, 1.82) is 0 Å². The fourth-order valence-corrected chi connectivity index (χ4v) is 13.0. The van der Waals surface area contributed by atoms with Gasteiger partial charge in [0.25, 0.3) is 0 Å². The number of nitrogens with zero attached hydrogens (tertiary/aromatic N) is 8. The zero-order valence-electron chi connectivity index (χ0n) is 63.3. The number of allylic oxidation sites excluding steroid dienone is 2. The van der Waals surface area contributed by atoms with Crippen LogP contribution < -0.4 is 32.3 Å². The number of likely N-dealkylation sites (N-methyl/N-ethyl adjacent to an activating group) is 7. The van der Waals surface area contributed by atoms with E-state index >= 15 is 28.8 Å². The van der Waals surface area contributed by atoms with Gasteiger partial charge in [0.1, 0.15) is 72.1 Å². The normalized spacial score (nSPS) is 27.3. The Hall–Kier alpha value is -7.98. The van der Waals surface area contributed by atoms with Gasteiger partial charge >= 0.3 is 5.97 Å². The number of aromatic amines is 1. The van der Waals surface area contributed by atoms with Crippen LogP contribution in [0.2, 0.25) is 0 Å². The van der Waals surface area contributed by atoms with Gasteiger partial charge in [-0.1, -0.05) is 102 Å². The van der Waals surface area contributed by atoms with Crippen molar-refractivity contribution in [2.24, 2.45) is 47.2 Å². The molecule has 12 amide bonds. The van der Waals surface area contributed by atoms with E-state index in [0.29, 0.717) is 5.69 Å². The first-order chi connectivity index (χ1) is 45.9. The Bertz CT molecular complexity index is 3020. The summed E-state index contributed by atoms with van der Waals surface area (Å²) in [6, 6.07) is -14.4. The predicted octanol–water partition coefficient (Wildman–Crippen LogP) is 1.98. The summed E-state index contributed by atoms with van der Waals surface area (Å²) in [6.07, 6.45) is 4.30. The summed E-state index contributed by atoms with van der Waals surface area (Å²) in [6.45, 7) is 28.5. The second-order valence-corrected chi connectivity index (χ2v) is 29.6. The van der Waals surface area contributed by atoms with Gasteiger partial charge in [-0.05, 0) is 102 Å². The van der Waals surface area contributed by atoms with E-state index in [0.717, 1.165) is 9.80 Å². The van der Waals surface area contributed by atoms with Crippen LogP contribution in [0.15, 0.2) is 24.7 Å². The topological polar surface area (TPSA) is 369 Å². The van der Waals surface area contributed by atoms with Crippen LogP contribution in [-0.4, -0.2) is 255 Å². The summed E-state index contributed by atoms with van der Waals surface area (Å²) in [7, 11) is 9.70. The number of ether oxygens (including phenoxy) is 1. The van der Waals surface area contributed by atoms with Crippen molar-refractivity contribution in [3.05, 3.63) is 30.4 Å². The number of piperidine rings is 1. The molecular weight excluding hydrogens is 1270 g/mol. The average molecular weight is 1390 g/mol. The van der Waals surface area contributed by atoms with E-state index in [4.69, 9.17) is 10.5 Å². The van der Waals surface area contributed by atoms with E-state index < -0.39 is 179 Å². The summed E-state index contributed by atoms with van der Waals surface area (Å²) >= 11 is 0. The molecule has 29 heteroatoms. The molecule has 2 bridgehead atoms. The molecule has 29 nitrogen and oxygen atoms in total. The van der Waals surface area contributed by atoms with Gasteiger partial charge in [0.2, 0.25) is 70.9 Å². The molecular formula is C70H119N15O14. The molecule has 0 saturated carbocycles. The molecule has 3 aliphatic heterocycles. The lowest BCUT2D eigenvalue weighted by atomic mass is 9.69. The number of rotatable bonds is 19. The first-order valence-electron chi connectivity index (χ1n) is 34.9. The van der Waals surface area contributed by atoms with Gasteiger partial charge in [-0.2, -0.15) is 0 Å². The number of imidazole rings is 1. The Morgan fingerprint density at radius 3 is 1.58 bits per heavy atom. The molecule has 0 aromatic carbocycles. The number of nitrogens with one attached hydrogen (secondary N) is 6. The van der Waals surface area contributed by atoms with Gasteiger partial charge in [0.05, 0.1) is 18.9 Å². The summed E-state index contributed by atoms with van der Waals surface area (Å²) in [5, 5.41) is 13.8. The highest BCUT2D eigenvalue weighted by Crippen LogP contribution is 2.39. The van der Waals surface area contributed by atoms with E-state index in [1.165, 1.54) is 107 Å². The molecule has 4 rings (SSSR count). The van der Waals surface area contributed by atoms with Crippen LogP contribution in [0.25, 0.3) is 0 Å². The third kappa shape index (κ3) is 21.8. The molecule has 14 atom stereocenters. The van der Waals surface area contributed by atoms with Crippen LogP contribution in [0.1, 0.15) is 162 Å². The SMILES string of the molecule is C/C=C/C[C@@H]1[C@@H](OC(=O)C(Cc2cnc[nH]2)NC(=O)C(C)N)[C@H]2C(=O)N[C@@]1(CC)C(=O)N(C)CC(=O)N(C)[C@@H](CC(C)C)C(=O)NC(C(C)C)C(=O)N(C)[C@@H](CC(C)C)C(=O)N[C@@H](C)C(=O)N[C@H](C)C(=O)N(C)[C@@H](CC(C)C)C(=O)N(C)[C@@H](CC(C)C)C(=O)N(C)[C@@H](C(C)C)C(=O)N2C. The molecule has 4 heterocycles. The molecule has 8 N–H and O–H groups in total. The second-order valence-electron chi connectivity index (χ2n) is 29.6. The van der Waals surface area contributed by atoms with Crippen LogP contribution in [0.4, 0.5) is 0 Å². The quantitative estimate of drug-likeness (QED) is 0.0592. The molecule has 99 heavy (non-hydrogen) atoms. The fourth-order valence-electron chi connectivity index (χ4n) is 13.0. The van der Waals surface area contributed by atoms with Crippen LogP contribution in [0.5, 0.6) is 0 Å². The first-order valence-corrected chi connectivity index (χ1v) is 34.9. The third-order valence-corrected chi connectivity index (χ3v) is 18.9. The van der Waals surface area contributed by atoms with Gasteiger partial charge < -0.3 is 76.3 Å². The highest BCUT2D eigenvalue weighted by molar-refractivity contribution is 6.01. The van der Waals surface area contributed by atoms with Crippen LogP contribution in [-0.2, 0) is 73.5 Å². The van der Waals surface area contributed by atoms with Gasteiger partial charge in [-0.3, -0.25) is 57.5 Å². The smallest absolute Gasteiger partial charge is 0.329 e. The average Bonchev–Trinajstić information content (AvgIpc) is 1.27. The number of carbonyl (C=O) groups excluding carboxylic acids is 13. The van der Waals surface area contributed by atoms with E-state index in [9.17, 15) is 33.6 Å². The van der Waals surface area contributed by atoms with Gasteiger partial charge in [-0.25, -0.2) is 9.78 Å². The number of esters is 1. The highest BCUT2D eigenvalue weighted by atomic mass is 16.5. The number of carbonyl (C=O) groups is 13. The fraction of sp³-hybridized carbons (Fsp3) is 0.743. The van der Waals surface area contributed by atoms with Crippen LogP contribution in [0, 0.1) is 41.4 Å². The number of aromatic nitrogens is 2. The van der Waals surface area contributed by atoms with Crippen molar-refractivity contribution in [2.75, 3.05) is 55.9 Å². The monoisotopic (exact) mass is 1390 g/mol. The van der Waals surface area contributed by atoms with Crippen molar-refractivity contribution in [3.8, 4) is 0 Å². The highest BCUT2D eigenvalue weighted by Gasteiger charge is 2.60. The molecule has 3 saturated heterocycles. The summed E-state index contributed by atoms with van der Waals surface area (Å²) in [5.74, 6) is -13.3. The molecule has 3 fully saturated rings. The van der Waals surface area contributed by atoms with Crippen molar-refractivity contribution in [3.63, 3.8) is 0 Å². The van der Waals surface area contributed by atoms with Gasteiger partial charge in [0.15, 0.2) is 0 Å². The lowest BCUT2D eigenvalue weighted by Gasteiger charge is -2.52. The molecule has 3 unspecified atom stereocenters. The number of fused-ring (bicyclic) bond motifs is 30. The number of hydrogen-bond donors (Lipinski definition) is 7. The molecule has 3 aliphatic rings. The first kappa shape index (κ1) is 85.2. The predicted molar refractivity (Wildman–Crippen MR) is 373 cm³/mol. The van der Waals surface area contributed by atoms with E-state index in [1.54, 1.807) is 53.7 Å². The maximum absolute atomic E-state index is 15.8. The number of nitrogens with two attached hydrogens (primary N) is 1. The molecule has 0 aliphatic carbocycles. The van der Waals surface area contributed by atoms with Crippen LogP contribution in [0.3, 0.4) is 0 Å². The minimum Gasteiger partial charge on any atom is -0.458 e. The lowest BCUT2D eigenvalue weighted by molar-refractivity contribution is -0.179. The Morgan fingerprint density at radius 1 is 0.616 bits per heavy atom.